The minimum Gasteiger partial charge on any atom is -0.491 e. The molecule has 0 aliphatic carbocycles. The average molecular weight is 337 g/mol. The highest BCUT2D eigenvalue weighted by Gasteiger charge is 2.18. The summed E-state index contributed by atoms with van der Waals surface area (Å²) >= 11 is 3.15. The predicted octanol–water partition coefficient (Wildman–Crippen LogP) is 3.57. The molecule has 0 saturated heterocycles. The molecule has 0 spiro atoms. The fourth-order valence-electron chi connectivity index (χ4n) is 2.36. The zero-order chi connectivity index (χ0) is 14.1. The Morgan fingerprint density at radius 2 is 2.05 bits per heavy atom. The second kappa shape index (κ2) is 5.32. The van der Waals surface area contributed by atoms with Crippen molar-refractivity contribution in [3.63, 3.8) is 0 Å². The molecule has 2 aromatic carbocycles. The van der Waals surface area contributed by atoms with Gasteiger partial charge in [0.05, 0.1) is 22.4 Å². The lowest BCUT2D eigenvalue weighted by Gasteiger charge is -2.24. The van der Waals surface area contributed by atoms with E-state index in [1.807, 2.05) is 29.2 Å². The Morgan fingerprint density at radius 1 is 1.25 bits per heavy atom. The van der Waals surface area contributed by atoms with Gasteiger partial charge >= 0.3 is 0 Å². The van der Waals surface area contributed by atoms with Crippen LogP contribution in [0.1, 0.15) is 5.56 Å². The van der Waals surface area contributed by atoms with Crippen LogP contribution in [0.25, 0.3) is 0 Å². The molecule has 0 aromatic heterocycles. The number of para-hydroxylation sites is 1. The SMILES string of the molecule is Nc1cc(Br)c(F)cc1N1CCOc2ccccc2C1. The molecule has 20 heavy (non-hydrogen) atoms. The lowest BCUT2D eigenvalue weighted by atomic mass is 10.1. The maximum Gasteiger partial charge on any atom is 0.139 e. The summed E-state index contributed by atoms with van der Waals surface area (Å²) in [5, 5.41) is 0. The highest BCUT2D eigenvalue weighted by molar-refractivity contribution is 9.10. The number of fused-ring (bicyclic) bond motifs is 1. The molecular weight excluding hydrogens is 323 g/mol. The van der Waals surface area contributed by atoms with Crippen LogP contribution in [-0.4, -0.2) is 13.2 Å². The van der Waals surface area contributed by atoms with Crippen LogP contribution in [0.4, 0.5) is 15.8 Å². The van der Waals surface area contributed by atoms with Crippen LogP contribution in [-0.2, 0) is 6.54 Å². The van der Waals surface area contributed by atoms with E-state index in [2.05, 4.69) is 15.9 Å². The number of ether oxygens (including phenoxy) is 1. The smallest absolute Gasteiger partial charge is 0.139 e. The van der Waals surface area contributed by atoms with E-state index in [0.717, 1.165) is 11.3 Å². The van der Waals surface area contributed by atoms with E-state index in [-0.39, 0.29) is 5.82 Å². The Kier molecular flexibility index (Phi) is 3.53. The van der Waals surface area contributed by atoms with E-state index in [1.54, 1.807) is 6.07 Å². The first kappa shape index (κ1) is 13.2. The van der Waals surface area contributed by atoms with Gasteiger partial charge in [0, 0.05) is 18.2 Å². The van der Waals surface area contributed by atoms with Gasteiger partial charge in [0.1, 0.15) is 18.2 Å². The van der Waals surface area contributed by atoms with Crippen LogP contribution in [0.3, 0.4) is 0 Å². The summed E-state index contributed by atoms with van der Waals surface area (Å²) in [7, 11) is 0. The molecule has 3 nitrogen and oxygen atoms in total. The van der Waals surface area contributed by atoms with E-state index in [9.17, 15) is 4.39 Å². The molecule has 1 aliphatic heterocycles. The fraction of sp³-hybridized carbons (Fsp3) is 0.200. The third-order valence-electron chi connectivity index (χ3n) is 3.36. The molecule has 2 N–H and O–H groups in total. The van der Waals surface area contributed by atoms with Crippen LogP contribution < -0.4 is 15.4 Å². The summed E-state index contributed by atoms with van der Waals surface area (Å²) in [6.07, 6.45) is 0. The number of anilines is 2. The van der Waals surface area contributed by atoms with Crippen molar-refractivity contribution >= 4 is 27.3 Å². The molecule has 1 aliphatic rings. The summed E-state index contributed by atoms with van der Waals surface area (Å²) < 4.78 is 19.8. The van der Waals surface area contributed by atoms with Crippen molar-refractivity contribution in [2.24, 2.45) is 0 Å². The highest BCUT2D eigenvalue weighted by atomic mass is 79.9. The van der Waals surface area contributed by atoms with Crippen LogP contribution in [0.2, 0.25) is 0 Å². The first-order valence-electron chi connectivity index (χ1n) is 6.35. The van der Waals surface area contributed by atoms with Crippen molar-refractivity contribution in [3.8, 4) is 5.75 Å². The molecule has 0 amide bonds. The van der Waals surface area contributed by atoms with Gasteiger partial charge in [-0.15, -0.1) is 0 Å². The van der Waals surface area contributed by atoms with Crippen molar-refractivity contribution in [1.82, 2.24) is 0 Å². The van der Waals surface area contributed by atoms with Gasteiger partial charge in [0.2, 0.25) is 0 Å². The van der Waals surface area contributed by atoms with Gasteiger partial charge in [-0.05, 0) is 28.1 Å². The van der Waals surface area contributed by atoms with Crippen molar-refractivity contribution in [3.05, 3.63) is 52.3 Å². The number of rotatable bonds is 1. The van der Waals surface area contributed by atoms with E-state index in [4.69, 9.17) is 10.5 Å². The maximum absolute atomic E-state index is 13.8. The summed E-state index contributed by atoms with van der Waals surface area (Å²) in [4.78, 5) is 2.04. The third kappa shape index (κ3) is 2.45. The van der Waals surface area contributed by atoms with E-state index >= 15 is 0 Å². The molecule has 5 heteroatoms. The number of nitrogen functional groups attached to an aromatic ring is 1. The molecule has 0 fully saturated rings. The van der Waals surface area contributed by atoms with Gasteiger partial charge in [-0.1, -0.05) is 18.2 Å². The minimum absolute atomic E-state index is 0.312. The molecule has 0 saturated carbocycles. The lowest BCUT2D eigenvalue weighted by molar-refractivity contribution is 0.331. The predicted molar refractivity (Wildman–Crippen MR) is 81.5 cm³/mol. The molecule has 0 atom stereocenters. The Labute approximate surface area is 125 Å². The summed E-state index contributed by atoms with van der Waals surface area (Å²) in [5.74, 6) is 0.568. The normalized spacial score (nSPS) is 14.4. The summed E-state index contributed by atoms with van der Waals surface area (Å²) in [6.45, 7) is 1.87. The fourth-order valence-corrected chi connectivity index (χ4v) is 2.72. The molecular formula is C15H14BrFN2O. The third-order valence-corrected chi connectivity index (χ3v) is 3.97. The van der Waals surface area contributed by atoms with Crippen molar-refractivity contribution in [2.75, 3.05) is 23.8 Å². The Bertz CT molecular complexity index is 648. The van der Waals surface area contributed by atoms with E-state index < -0.39 is 0 Å². The number of halogens is 2. The Balaban J connectivity index is 1.97. The zero-order valence-electron chi connectivity index (χ0n) is 10.8. The molecule has 2 aromatic rings. The second-order valence-electron chi connectivity index (χ2n) is 4.70. The van der Waals surface area contributed by atoms with Crippen LogP contribution in [0, 0.1) is 5.82 Å². The molecule has 3 rings (SSSR count). The number of hydrogen-bond donors (Lipinski definition) is 1. The summed E-state index contributed by atoms with van der Waals surface area (Å²) in [5.41, 5.74) is 8.34. The number of benzene rings is 2. The Morgan fingerprint density at radius 3 is 2.90 bits per heavy atom. The second-order valence-corrected chi connectivity index (χ2v) is 5.56. The van der Waals surface area contributed by atoms with Crippen LogP contribution in [0.15, 0.2) is 40.9 Å². The van der Waals surface area contributed by atoms with Gasteiger partial charge < -0.3 is 15.4 Å². The first-order valence-corrected chi connectivity index (χ1v) is 7.14. The van der Waals surface area contributed by atoms with Crippen molar-refractivity contribution in [1.29, 1.82) is 0 Å². The van der Waals surface area contributed by atoms with Crippen LogP contribution >= 0.6 is 15.9 Å². The van der Waals surface area contributed by atoms with Gasteiger partial charge in [-0.3, -0.25) is 0 Å². The summed E-state index contributed by atoms with van der Waals surface area (Å²) in [6, 6.07) is 10.9. The van der Waals surface area contributed by atoms with Crippen molar-refractivity contribution in [2.45, 2.75) is 6.54 Å². The van der Waals surface area contributed by atoms with Crippen molar-refractivity contribution < 1.29 is 9.13 Å². The van der Waals surface area contributed by atoms with E-state index in [1.165, 1.54) is 6.07 Å². The van der Waals surface area contributed by atoms with Gasteiger partial charge in [-0.25, -0.2) is 4.39 Å². The average Bonchev–Trinajstić information content (AvgIpc) is 2.65. The van der Waals surface area contributed by atoms with E-state index in [0.29, 0.717) is 35.5 Å². The maximum atomic E-state index is 13.8. The van der Waals surface area contributed by atoms with Crippen LogP contribution in [0.5, 0.6) is 5.75 Å². The number of nitrogens with zero attached hydrogens (tertiary/aromatic N) is 1. The quantitative estimate of drug-likeness (QED) is 0.809. The molecule has 0 radical (unpaired) electrons. The largest absolute Gasteiger partial charge is 0.491 e. The van der Waals surface area contributed by atoms with Gasteiger partial charge in [0.25, 0.3) is 0 Å². The highest BCUT2D eigenvalue weighted by Crippen LogP contribution is 2.32. The molecule has 104 valence electrons. The standard InChI is InChI=1S/C15H14BrFN2O/c16-11-7-13(18)14(8-12(11)17)19-5-6-20-15-4-2-1-3-10(15)9-19/h1-4,7-8H,5-6,9,18H2. The first-order chi connectivity index (χ1) is 9.65. The number of hydrogen-bond acceptors (Lipinski definition) is 3. The monoisotopic (exact) mass is 336 g/mol. The van der Waals surface area contributed by atoms with Gasteiger partial charge in [0.15, 0.2) is 0 Å². The number of nitrogens with two attached hydrogens (primary N) is 1. The van der Waals surface area contributed by atoms with Gasteiger partial charge in [-0.2, -0.15) is 0 Å². The molecule has 0 unspecified atom stereocenters. The minimum atomic E-state index is -0.312. The molecule has 1 heterocycles. The zero-order valence-corrected chi connectivity index (χ0v) is 12.4. The molecule has 0 bridgehead atoms. The Hall–Kier alpha value is -1.75. The lowest BCUT2D eigenvalue weighted by Crippen LogP contribution is -2.26. The topological polar surface area (TPSA) is 38.5 Å².